The van der Waals surface area contributed by atoms with Crippen LogP contribution < -0.4 is 0 Å². The van der Waals surface area contributed by atoms with Crippen molar-refractivity contribution in [1.82, 2.24) is 9.80 Å². The molecule has 3 heterocycles. The number of aliphatic hydroxyl groups is 5. The van der Waals surface area contributed by atoms with Crippen LogP contribution in [0.2, 0.25) is 0 Å². The van der Waals surface area contributed by atoms with E-state index in [0.717, 1.165) is 19.3 Å². The summed E-state index contributed by atoms with van der Waals surface area (Å²) in [6.07, 6.45) is 4.15. The first kappa shape index (κ1) is 60.3. The van der Waals surface area contributed by atoms with Crippen LogP contribution >= 0.6 is 7.26 Å². The fraction of sp³-hybridized carbons (Fsp3) is 0.962. The van der Waals surface area contributed by atoms with Crippen LogP contribution in [0.3, 0.4) is 0 Å². The largest absolute Gasteiger partial charge is 0.459 e. The second-order valence-electron chi connectivity index (χ2n) is 23.3. The van der Waals surface area contributed by atoms with E-state index < -0.39 is 103 Å². The minimum absolute atomic E-state index is 0.123. The van der Waals surface area contributed by atoms with Crippen LogP contribution in [0.1, 0.15) is 159 Å². The average Bonchev–Trinajstić information content (AvgIpc) is 3.23. The third kappa shape index (κ3) is 16.5. The number of rotatable bonds is 18. The Morgan fingerprint density at radius 3 is 1.96 bits per heavy atom. The van der Waals surface area contributed by atoms with Gasteiger partial charge in [0.05, 0.1) is 53.7 Å². The Bertz CT molecular complexity index is 1500. The lowest BCUT2D eigenvalue weighted by Crippen LogP contribution is -2.61. The van der Waals surface area contributed by atoms with Crippen molar-refractivity contribution in [2.24, 2.45) is 23.7 Å². The van der Waals surface area contributed by atoms with E-state index in [4.69, 9.17) is 23.7 Å². The zero-order valence-corrected chi connectivity index (χ0v) is 45.8. The van der Waals surface area contributed by atoms with E-state index in [0.29, 0.717) is 12.8 Å². The summed E-state index contributed by atoms with van der Waals surface area (Å²) >= 11 is 0. The van der Waals surface area contributed by atoms with Crippen LogP contribution in [0, 0.1) is 23.7 Å². The summed E-state index contributed by atoms with van der Waals surface area (Å²) in [7, 11) is 4.61. The Kier molecular flexibility index (Phi) is 23.5. The van der Waals surface area contributed by atoms with Gasteiger partial charge < -0.3 is 59.0 Å². The molecule has 67 heavy (non-hydrogen) atoms. The predicted octanol–water partition coefficient (Wildman–Crippen LogP) is 6.88. The summed E-state index contributed by atoms with van der Waals surface area (Å²) in [5, 5.41) is 60.3. The number of cyclic esters (lactones) is 1. The number of hydrogen-bond donors (Lipinski definition) is 5. The molecular weight excluding hydrogens is 876 g/mol. The second-order valence-corrected chi connectivity index (χ2v) is 28.3. The third-order valence-electron chi connectivity index (χ3n) is 15.8. The van der Waals surface area contributed by atoms with Gasteiger partial charge in [0.1, 0.15) is 30.0 Å². The van der Waals surface area contributed by atoms with Crippen LogP contribution in [-0.2, 0) is 33.3 Å². The smallest absolute Gasteiger partial charge is 0.309 e. The molecule has 1 amide bonds. The lowest BCUT2D eigenvalue weighted by molar-refractivity contribution is -0.302. The fourth-order valence-electron chi connectivity index (χ4n) is 11.6. The molecule has 15 heteroatoms. The van der Waals surface area contributed by atoms with Gasteiger partial charge in [0.25, 0.3) is 0 Å². The molecule has 3 aliphatic heterocycles. The molecule has 14 nitrogen and oxygen atoms in total. The van der Waals surface area contributed by atoms with Crippen LogP contribution in [-0.4, -0.2) is 185 Å². The summed E-state index contributed by atoms with van der Waals surface area (Å²) in [6, 6.07) is -1.18. The van der Waals surface area contributed by atoms with Gasteiger partial charge in [0, 0.05) is 65.7 Å². The summed E-state index contributed by atoms with van der Waals surface area (Å²) in [5.74, 6) is -3.53. The second kappa shape index (κ2) is 26.1. The van der Waals surface area contributed by atoms with Gasteiger partial charge in [-0.05, 0) is 106 Å². The number of hydrogen-bond acceptors (Lipinski definition) is 13. The van der Waals surface area contributed by atoms with Gasteiger partial charge in [-0.2, -0.15) is 0 Å². The summed E-state index contributed by atoms with van der Waals surface area (Å²) in [4.78, 5) is 32.6. The highest BCUT2D eigenvalue weighted by atomic mass is 31.2. The Labute approximate surface area is 407 Å². The molecule has 18 atom stereocenters. The topological polar surface area (TPSA) is 188 Å². The van der Waals surface area contributed by atoms with Crippen LogP contribution in [0.25, 0.3) is 0 Å². The van der Waals surface area contributed by atoms with Gasteiger partial charge in [-0.1, -0.05) is 66.2 Å². The first-order valence-electron chi connectivity index (χ1n) is 26.0. The zero-order valence-electron chi connectivity index (χ0n) is 44.9. The standard InChI is InChI=1S/C52H100N2O12P/c1-17-41-52(10,61)45(57)37(6)54(42(55)27-25-23-21-19-18-20-22-24-26-28-67(14,15)16)32-33(2)30-50(8,60)47(66-49-44(56)39(53(11)12)29-34(3)63-49)35(4)43(36(5)48(59)65-41)40-31-51(9,62-13)46(58)38(7)64-40/h33-41,43-47,49,56-58,60-61H,17-32H2,1-16H3/q+1/t33-,34-,35+,36-,37-,38+,39+,40?,41-,43+,44-,45-,46+,47-,49+,50-,51-,52-/m1/s1. The Morgan fingerprint density at radius 2 is 1.42 bits per heavy atom. The van der Waals surface area contributed by atoms with E-state index in [1.165, 1.54) is 52.3 Å². The van der Waals surface area contributed by atoms with Crippen LogP contribution in [0.15, 0.2) is 0 Å². The van der Waals surface area contributed by atoms with Crippen molar-refractivity contribution in [1.29, 1.82) is 0 Å². The first-order chi connectivity index (χ1) is 31.0. The minimum atomic E-state index is -1.96. The lowest BCUT2D eigenvalue weighted by Gasteiger charge is -2.51. The van der Waals surface area contributed by atoms with Crippen LogP contribution in [0.4, 0.5) is 0 Å². The number of esters is 1. The third-order valence-corrected chi connectivity index (χ3v) is 17.5. The number of carbonyl (C=O) groups is 2. The molecule has 5 N–H and O–H groups in total. The van der Waals surface area contributed by atoms with Crippen molar-refractivity contribution in [3.8, 4) is 0 Å². The van der Waals surface area contributed by atoms with Gasteiger partial charge in [-0.25, -0.2) is 0 Å². The van der Waals surface area contributed by atoms with Gasteiger partial charge >= 0.3 is 5.97 Å². The molecular formula is C52H100N2O12P+. The normalized spacial score (nSPS) is 41.1. The van der Waals surface area contributed by atoms with Crippen molar-refractivity contribution >= 4 is 19.1 Å². The molecule has 3 aliphatic rings. The molecule has 0 spiro atoms. The molecule has 1 unspecified atom stereocenters. The van der Waals surface area contributed by atoms with E-state index in [9.17, 15) is 35.1 Å². The maximum absolute atomic E-state index is 14.7. The number of unbranched alkanes of at least 4 members (excludes halogenated alkanes) is 8. The maximum Gasteiger partial charge on any atom is 0.309 e. The van der Waals surface area contributed by atoms with Gasteiger partial charge in [-0.15, -0.1) is 0 Å². The first-order valence-corrected chi connectivity index (χ1v) is 29.3. The molecule has 0 aromatic carbocycles. The average molecular weight is 976 g/mol. The molecule has 0 radical (unpaired) electrons. The van der Waals surface area contributed by atoms with E-state index >= 15 is 0 Å². The molecule has 0 aliphatic carbocycles. The Hall–Kier alpha value is -1.03. The highest BCUT2D eigenvalue weighted by Crippen LogP contribution is 2.47. The van der Waals surface area contributed by atoms with Crippen molar-refractivity contribution in [2.75, 3.05) is 53.9 Å². The Morgan fingerprint density at radius 1 is 0.851 bits per heavy atom. The van der Waals surface area contributed by atoms with Crippen molar-refractivity contribution in [3.05, 3.63) is 0 Å². The SMILES string of the molecule is CC[C@H]1OC(=O)[C@H](C)[C@@H](C2C[C@@](C)(OC)[C@@H](O)[C@H](C)O2)[C@H](C)[C@@H](O[C@@H]2O[C@H](C)C[C@H](N(C)C)[C@H]2O)[C@](C)(O)C[C@@H](C)CN(C(=O)CCCCCCCCCCC[P+](C)(C)C)[C@H](C)[C@@H](O)[C@]1(C)O. The Balaban J connectivity index is 2.03. The number of amides is 1. The number of carbonyl (C=O) groups excluding carboxylic acids is 2. The predicted molar refractivity (Wildman–Crippen MR) is 268 cm³/mol. The molecule has 0 bridgehead atoms. The number of methoxy groups -OCH3 is 1. The number of likely N-dealkylation sites (N-methyl/N-ethyl adjacent to an activating group) is 1. The summed E-state index contributed by atoms with van der Waals surface area (Å²) < 4.78 is 32.0. The number of aliphatic hydroxyl groups excluding tert-OH is 3. The van der Waals surface area contributed by atoms with E-state index in [2.05, 4.69) is 20.0 Å². The zero-order chi connectivity index (χ0) is 50.8. The number of nitrogens with zero attached hydrogens (tertiary/aromatic N) is 2. The van der Waals surface area contributed by atoms with Crippen molar-refractivity contribution in [3.63, 3.8) is 0 Å². The lowest BCUT2D eigenvalue weighted by atomic mass is 9.68. The molecule has 0 aromatic rings. The van der Waals surface area contributed by atoms with Crippen LogP contribution in [0.5, 0.6) is 0 Å². The molecule has 394 valence electrons. The maximum atomic E-state index is 14.7. The quantitative estimate of drug-likeness (QED) is 0.0544. The van der Waals surface area contributed by atoms with E-state index in [1.807, 2.05) is 46.7 Å². The van der Waals surface area contributed by atoms with E-state index in [1.54, 1.807) is 39.5 Å². The van der Waals surface area contributed by atoms with Gasteiger partial charge in [0.15, 0.2) is 6.29 Å². The number of ether oxygens (including phenoxy) is 5. The minimum Gasteiger partial charge on any atom is -0.459 e. The summed E-state index contributed by atoms with van der Waals surface area (Å²) in [5.41, 5.74) is -4.66. The van der Waals surface area contributed by atoms with E-state index in [-0.39, 0.29) is 56.2 Å². The monoisotopic (exact) mass is 976 g/mol. The van der Waals surface area contributed by atoms with Gasteiger partial charge in [0.2, 0.25) is 5.91 Å². The van der Waals surface area contributed by atoms with Gasteiger partial charge in [-0.3, -0.25) is 9.59 Å². The highest BCUT2D eigenvalue weighted by Gasteiger charge is 2.55. The van der Waals surface area contributed by atoms with Crippen molar-refractivity contribution in [2.45, 2.75) is 243 Å². The summed E-state index contributed by atoms with van der Waals surface area (Å²) in [6.45, 7) is 25.1. The molecule has 3 rings (SSSR count). The van der Waals surface area contributed by atoms with Crippen molar-refractivity contribution < 1.29 is 58.8 Å². The molecule has 0 saturated carbocycles. The highest BCUT2D eigenvalue weighted by molar-refractivity contribution is 7.73. The molecule has 0 aromatic heterocycles. The fourth-order valence-corrected chi connectivity index (χ4v) is 12.8. The molecule has 3 fully saturated rings. The molecule has 3 saturated heterocycles.